The summed E-state index contributed by atoms with van der Waals surface area (Å²) in [4.78, 5) is 11.8. The van der Waals surface area contributed by atoms with Crippen molar-refractivity contribution in [3.8, 4) is 0 Å². The van der Waals surface area contributed by atoms with Gasteiger partial charge in [-0.1, -0.05) is 11.2 Å². The molecule has 1 aromatic heterocycles. The number of Topliss-reactive ketones (excluding diaryl/α,β-unsaturated/α-hetero) is 1. The quantitative estimate of drug-likeness (QED) is 0.470. The number of nitrogens with zero attached hydrogens (tertiary/aromatic N) is 1. The number of thiophene rings is 1. The van der Waals surface area contributed by atoms with Gasteiger partial charge in [0.15, 0.2) is 0 Å². The Morgan fingerprint density at radius 2 is 2.50 bits per heavy atom. The van der Waals surface area contributed by atoms with Crippen molar-refractivity contribution in [1.29, 1.82) is 0 Å². The Hall–Kier alpha value is -1.42. The fraction of sp³-hybridized carbons (Fsp3) is 0.200. The van der Waals surface area contributed by atoms with Crippen LogP contribution in [0.2, 0.25) is 0 Å². The Kier molecular flexibility index (Phi) is 4.07. The molecule has 0 unspecified atom stereocenters. The van der Waals surface area contributed by atoms with E-state index in [1.165, 1.54) is 6.92 Å². The summed E-state index contributed by atoms with van der Waals surface area (Å²) >= 11 is 1.59. The highest BCUT2D eigenvalue weighted by molar-refractivity contribution is 7.10. The van der Waals surface area contributed by atoms with Crippen molar-refractivity contribution >= 4 is 28.9 Å². The summed E-state index contributed by atoms with van der Waals surface area (Å²) in [5.41, 5.74) is 0.380. The van der Waals surface area contributed by atoms with E-state index < -0.39 is 0 Å². The summed E-state index contributed by atoms with van der Waals surface area (Å²) in [5, 5.41) is 13.6. The minimum Gasteiger partial charge on any atom is -0.411 e. The molecule has 0 saturated carbocycles. The molecule has 1 aromatic rings. The van der Waals surface area contributed by atoms with Crippen LogP contribution >= 0.6 is 11.3 Å². The second-order valence-electron chi connectivity index (χ2n) is 2.82. The van der Waals surface area contributed by atoms with Crippen LogP contribution in [0, 0.1) is 0 Å². The average Bonchev–Trinajstić information content (AvgIpc) is 2.64. The molecule has 1 N–H and O–H groups in total. The predicted octanol–water partition coefficient (Wildman–Crippen LogP) is 2.57. The lowest BCUT2D eigenvalue weighted by molar-refractivity contribution is -0.115. The predicted molar refractivity (Wildman–Crippen MR) is 57.9 cm³/mol. The number of rotatable bonds is 4. The molecule has 1 rings (SSSR count). The number of hydrogen-bond donors (Lipinski definition) is 1. The number of ketones is 1. The zero-order valence-electron chi connectivity index (χ0n) is 7.80. The van der Waals surface area contributed by atoms with Crippen LogP contribution in [0.15, 0.2) is 28.7 Å². The zero-order valence-corrected chi connectivity index (χ0v) is 8.62. The van der Waals surface area contributed by atoms with Crippen molar-refractivity contribution in [2.75, 3.05) is 0 Å². The third kappa shape index (κ3) is 3.53. The number of oxime groups is 1. The van der Waals surface area contributed by atoms with E-state index in [1.54, 1.807) is 17.4 Å². The molecule has 0 amide bonds. The Morgan fingerprint density at radius 3 is 3.00 bits per heavy atom. The highest BCUT2D eigenvalue weighted by Gasteiger charge is 1.99. The van der Waals surface area contributed by atoms with Crippen LogP contribution in [-0.2, 0) is 4.79 Å². The van der Waals surface area contributed by atoms with E-state index in [4.69, 9.17) is 5.21 Å². The van der Waals surface area contributed by atoms with Crippen LogP contribution in [0.3, 0.4) is 0 Å². The zero-order chi connectivity index (χ0) is 10.4. The maximum atomic E-state index is 10.8. The molecule has 0 bridgehead atoms. The van der Waals surface area contributed by atoms with Crippen molar-refractivity contribution in [3.63, 3.8) is 0 Å². The first-order chi connectivity index (χ1) is 6.72. The summed E-state index contributed by atoms with van der Waals surface area (Å²) in [6.45, 7) is 1.46. The molecular formula is C10H11NO2S. The van der Waals surface area contributed by atoms with Crippen molar-refractivity contribution < 1.29 is 10.0 Å². The van der Waals surface area contributed by atoms with Crippen molar-refractivity contribution in [3.05, 3.63) is 28.5 Å². The summed E-state index contributed by atoms with van der Waals surface area (Å²) in [5.74, 6) is -0.0198. The highest BCUT2D eigenvalue weighted by atomic mass is 32.1. The summed E-state index contributed by atoms with van der Waals surface area (Å²) in [7, 11) is 0. The number of hydrogen-bond acceptors (Lipinski definition) is 4. The maximum Gasteiger partial charge on any atom is 0.135 e. The topological polar surface area (TPSA) is 49.7 Å². The van der Waals surface area contributed by atoms with Crippen molar-refractivity contribution in [1.82, 2.24) is 0 Å². The fourth-order valence-corrected chi connectivity index (χ4v) is 1.57. The highest BCUT2D eigenvalue weighted by Crippen LogP contribution is 2.10. The minimum atomic E-state index is -0.0198. The first-order valence-electron chi connectivity index (χ1n) is 4.14. The lowest BCUT2D eigenvalue weighted by atomic mass is 10.2. The maximum absolute atomic E-state index is 10.8. The molecule has 0 radical (unpaired) electrons. The molecule has 0 aliphatic rings. The Morgan fingerprint density at radius 1 is 1.71 bits per heavy atom. The molecule has 0 saturated heterocycles. The average molecular weight is 209 g/mol. The van der Waals surface area contributed by atoms with Crippen LogP contribution in [0.5, 0.6) is 0 Å². The lowest BCUT2D eigenvalue weighted by Crippen LogP contribution is -2.00. The van der Waals surface area contributed by atoms with Crippen LogP contribution in [0.4, 0.5) is 0 Å². The molecule has 14 heavy (non-hydrogen) atoms. The second-order valence-corrected chi connectivity index (χ2v) is 3.80. The van der Waals surface area contributed by atoms with Crippen LogP contribution < -0.4 is 0 Å². The largest absolute Gasteiger partial charge is 0.411 e. The summed E-state index contributed by atoms with van der Waals surface area (Å²) in [6.07, 6.45) is 3.63. The van der Waals surface area contributed by atoms with E-state index in [-0.39, 0.29) is 12.2 Å². The van der Waals surface area contributed by atoms with Gasteiger partial charge in [0, 0.05) is 4.88 Å². The SMILES string of the molecule is CC(=O)CC(/C=C/c1cccs1)=N/O. The second kappa shape index (κ2) is 5.34. The monoisotopic (exact) mass is 209 g/mol. The standard InChI is InChI=1S/C10H11NO2S/c1-8(12)7-9(11-13)4-5-10-3-2-6-14-10/h2-6,13H,7H2,1H3/b5-4+,11-9+. The van der Waals surface area contributed by atoms with Gasteiger partial charge in [0.05, 0.1) is 12.1 Å². The van der Waals surface area contributed by atoms with Gasteiger partial charge in [0.1, 0.15) is 5.78 Å². The van der Waals surface area contributed by atoms with Gasteiger partial charge in [-0.25, -0.2) is 0 Å². The van der Waals surface area contributed by atoms with Crippen LogP contribution in [0.25, 0.3) is 6.08 Å². The molecule has 1 heterocycles. The Bertz CT molecular complexity index is 352. The summed E-state index contributed by atoms with van der Waals surface area (Å²) in [6, 6.07) is 3.88. The van der Waals surface area contributed by atoms with Gasteiger partial charge in [-0.05, 0) is 30.5 Å². The smallest absolute Gasteiger partial charge is 0.135 e. The van der Waals surface area contributed by atoms with Gasteiger partial charge in [-0.2, -0.15) is 0 Å². The van der Waals surface area contributed by atoms with Gasteiger partial charge in [-0.3, -0.25) is 4.79 Å². The van der Waals surface area contributed by atoms with E-state index in [9.17, 15) is 4.79 Å². The number of carbonyl (C=O) groups excluding carboxylic acids is 1. The molecule has 74 valence electrons. The van der Waals surface area contributed by atoms with E-state index in [0.29, 0.717) is 5.71 Å². The first kappa shape index (κ1) is 10.7. The lowest BCUT2D eigenvalue weighted by Gasteiger charge is -1.92. The van der Waals surface area contributed by atoms with Gasteiger partial charge in [-0.15, -0.1) is 11.3 Å². The van der Waals surface area contributed by atoms with E-state index in [2.05, 4.69) is 5.16 Å². The van der Waals surface area contributed by atoms with Gasteiger partial charge < -0.3 is 5.21 Å². The van der Waals surface area contributed by atoms with Crippen LogP contribution in [0.1, 0.15) is 18.2 Å². The van der Waals surface area contributed by atoms with Gasteiger partial charge in [0.2, 0.25) is 0 Å². The molecule has 0 atom stereocenters. The minimum absolute atomic E-state index is 0.0198. The van der Waals surface area contributed by atoms with Gasteiger partial charge in [0.25, 0.3) is 0 Å². The molecule has 0 aromatic carbocycles. The number of carbonyl (C=O) groups is 1. The normalized spacial score (nSPS) is 12.2. The van der Waals surface area contributed by atoms with E-state index in [0.717, 1.165) is 4.88 Å². The molecule has 0 aliphatic heterocycles. The molecule has 3 nitrogen and oxygen atoms in total. The molecule has 4 heteroatoms. The third-order valence-corrected chi connectivity index (χ3v) is 2.38. The molecule has 0 spiro atoms. The summed E-state index contributed by atoms with van der Waals surface area (Å²) < 4.78 is 0. The van der Waals surface area contributed by atoms with Gasteiger partial charge >= 0.3 is 0 Å². The van der Waals surface area contributed by atoms with E-state index >= 15 is 0 Å². The third-order valence-electron chi connectivity index (χ3n) is 1.54. The van der Waals surface area contributed by atoms with Crippen molar-refractivity contribution in [2.24, 2.45) is 5.16 Å². The van der Waals surface area contributed by atoms with Crippen LogP contribution in [-0.4, -0.2) is 16.7 Å². The van der Waals surface area contributed by atoms with Crippen molar-refractivity contribution in [2.45, 2.75) is 13.3 Å². The van der Waals surface area contributed by atoms with E-state index in [1.807, 2.05) is 23.6 Å². The Balaban J connectivity index is 2.62. The number of allylic oxidation sites excluding steroid dienone is 1. The molecular weight excluding hydrogens is 198 g/mol. The molecule has 0 aliphatic carbocycles. The first-order valence-corrected chi connectivity index (χ1v) is 5.02. The fourth-order valence-electron chi connectivity index (χ4n) is 0.947. The Labute approximate surface area is 86.4 Å². The molecule has 0 fully saturated rings.